The molecule has 2 fully saturated rings. The molecule has 0 radical (unpaired) electrons. The highest BCUT2D eigenvalue weighted by Gasteiger charge is 2.27. The molecule has 6 heteroatoms. The maximum atomic E-state index is 9.14. The molecule has 0 spiro atoms. The summed E-state index contributed by atoms with van der Waals surface area (Å²) in [6.07, 6.45) is 6.85. The van der Waals surface area contributed by atoms with E-state index in [1.807, 2.05) is 22.2 Å². The van der Waals surface area contributed by atoms with Crippen LogP contribution < -0.4 is 0 Å². The molecular weight excluding hydrogens is 308 g/mol. The van der Waals surface area contributed by atoms with E-state index in [1.54, 1.807) is 0 Å². The highest BCUT2D eigenvalue weighted by atomic mass is 32.1. The summed E-state index contributed by atoms with van der Waals surface area (Å²) >= 11 is 1.84. The van der Waals surface area contributed by atoms with Crippen LogP contribution in [-0.4, -0.2) is 44.5 Å². The first-order chi connectivity index (χ1) is 11.3. The van der Waals surface area contributed by atoms with Gasteiger partial charge in [-0.3, -0.25) is 9.58 Å². The second kappa shape index (κ2) is 6.71. The van der Waals surface area contributed by atoms with Gasteiger partial charge in [0.15, 0.2) is 0 Å². The Morgan fingerprint density at radius 2 is 2.00 bits per heavy atom. The van der Waals surface area contributed by atoms with Crippen LogP contribution in [0.25, 0.3) is 0 Å². The molecule has 124 valence electrons. The Labute approximate surface area is 141 Å². The quantitative estimate of drug-likeness (QED) is 0.883. The molecule has 1 saturated heterocycles. The number of likely N-dealkylation sites (tertiary alicyclic amines) is 1. The zero-order valence-corrected chi connectivity index (χ0v) is 14.2. The smallest absolute Gasteiger partial charge is 0.0959 e. The first kappa shape index (κ1) is 15.3. The van der Waals surface area contributed by atoms with Crippen LogP contribution in [0.2, 0.25) is 0 Å². The van der Waals surface area contributed by atoms with Crippen molar-refractivity contribution in [2.75, 3.05) is 19.7 Å². The van der Waals surface area contributed by atoms with Crippen molar-refractivity contribution in [3.63, 3.8) is 0 Å². The summed E-state index contributed by atoms with van der Waals surface area (Å²) in [4.78, 5) is 7.33. The standard InChI is InChI=1S/C17H24N4OS/c22-10-9-21-16(3-6-18-21)13-4-7-20(8-5-13)11-15-12-23-17(19-15)14-1-2-14/h3,6,12-14,22H,1-2,4-5,7-11H2. The minimum Gasteiger partial charge on any atom is -0.394 e. The number of aliphatic hydroxyl groups is 1. The Morgan fingerprint density at radius 3 is 2.74 bits per heavy atom. The first-order valence-corrected chi connectivity index (χ1v) is 9.50. The number of nitrogens with zero attached hydrogens (tertiary/aromatic N) is 4. The minimum atomic E-state index is 0.153. The molecule has 2 aromatic rings. The van der Waals surface area contributed by atoms with Crippen molar-refractivity contribution in [3.05, 3.63) is 34.0 Å². The van der Waals surface area contributed by atoms with E-state index in [2.05, 4.69) is 21.4 Å². The number of aliphatic hydroxyl groups excluding tert-OH is 1. The third-order valence-electron chi connectivity index (χ3n) is 4.95. The molecule has 3 heterocycles. The normalized spacial score (nSPS) is 20.2. The van der Waals surface area contributed by atoms with E-state index < -0.39 is 0 Å². The van der Waals surface area contributed by atoms with Gasteiger partial charge >= 0.3 is 0 Å². The summed E-state index contributed by atoms with van der Waals surface area (Å²) in [5.41, 5.74) is 2.53. The summed E-state index contributed by atoms with van der Waals surface area (Å²) < 4.78 is 1.96. The van der Waals surface area contributed by atoms with Gasteiger partial charge in [-0.05, 0) is 44.8 Å². The highest BCUT2D eigenvalue weighted by molar-refractivity contribution is 7.09. The van der Waals surface area contributed by atoms with Crippen LogP contribution in [0.5, 0.6) is 0 Å². The monoisotopic (exact) mass is 332 g/mol. The largest absolute Gasteiger partial charge is 0.394 e. The van der Waals surface area contributed by atoms with E-state index in [4.69, 9.17) is 10.1 Å². The molecule has 1 aliphatic carbocycles. The maximum Gasteiger partial charge on any atom is 0.0959 e. The summed E-state index contributed by atoms with van der Waals surface area (Å²) in [5, 5.41) is 17.1. The Hall–Kier alpha value is -1.24. The minimum absolute atomic E-state index is 0.153. The molecule has 0 aromatic carbocycles. The molecule has 0 atom stereocenters. The van der Waals surface area contributed by atoms with Gasteiger partial charge in [-0.2, -0.15) is 5.10 Å². The molecule has 0 bridgehead atoms. The molecule has 23 heavy (non-hydrogen) atoms. The van der Waals surface area contributed by atoms with Crippen molar-refractivity contribution in [1.29, 1.82) is 0 Å². The number of rotatable bonds is 6. The second-order valence-electron chi connectivity index (χ2n) is 6.70. The number of hydrogen-bond acceptors (Lipinski definition) is 5. The predicted octanol–water partition coefficient (Wildman–Crippen LogP) is 2.59. The number of hydrogen-bond donors (Lipinski definition) is 1. The Kier molecular flexibility index (Phi) is 4.46. The maximum absolute atomic E-state index is 9.14. The van der Waals surface area contributed by atoms with Gasteiger partial charge in [0.05, 0.1) is 23.9 Å². The second-order valence-corrected chi connectivity index (χ2v) is 7.59. The van der Waals surface area contributed by atoms with Gasteiger partial charge in [0.25, 0.3) is 0 Å². The lowest BCUT2D eigenvalue weighted by Crippen LogP contribution is -2.33. The zero-order valence-electron chi connectivity index (χ0n) is 13.4. The van der Waals surface area contributed by atoms with Gasteiger partial charge < -0.3 is 5.11 Å². The van der Waals surface area contributed by atoms with Gasteiger partial charge in [-0.1, -0.05) is 0 Å². The molecule has 4 rings (SSSR count). The van der Waals surface area contributed by atoms with Crippen molar-refractivity contribution in [1.82, 2.24) is 19.7 Å². The van der Waals surface area contributed by atoms with Crippen LogP contribution >= 0.6 is 11.3 Å². The topological polar surface area (TPSA) is 54.2 Å². The van der Waals surface area contributed by atoms with Crippen molar-refractivity contribution in [2.45, 2.75) is 50.6 Å². The average Bonchev–Trinajstić information content (AvgIpc) is 3.14. The number of piperidine rings is 1. The highest BCUT2D eigenvalue weighted by Crippen LogP contribution is 2.41. The van der Waals surface area contributed by atoms with E-state index >= 15 is 0 Å². The summed E-state index contributed by atoms with van der Waals surface area (Å²) in [6, 6.07) is 2.11. The number of thiazole rings is 1. The van der Waals surface area contributed by atoms with Crippen molar-refractivity contribution in [2.24, 2.45) is 0 Å². The summed E-state index contributed by atoms with van der Waals surface area (Å²) in [6.45, 7) is 3.98. The molecular formula is C17H24N4OS. The fraction of sp³-hybridized carbons (Fsp3) is 0.647. The third-order valence-corrected chi connectivity index (χ3v) is 6.00. The Bertz CT molecular complexity index is 641. The van der Waals surface area contributed by atoms with Crippen LogP contribution in [0.4, 0.5) is 0 Å². The third kappa shape index (κ3) is 3.49. The van der Waals surface area contributed by atoms with Gasteiger partial charge in [-0.15, -0.1) is 11.3 Å². The van der Waals surface area contributed by atoms with E-state index in [0.29, 0.717) is 12.5 Å². The van der Waals surface area contributed by atoms with E-state index in [0.717, 1.165) is 38.4 Å². The SMILES string of the molecule is OCCn1nccc1C1CCN(Cc2csc(C3CC3)n2)CC1. The van der Waals surface area contributed by atoms with Crippen LogP contribution in [0.15, 0.2) is 17.6 Å². The van der Waals surface area contributed by atoms with Gasteiger partial charge in [0.2, 0.25) is 0 Å². The summed E-state index contributed by atoms with van der Waals surface area (Å²) in [5.74, 6) is 1.34. The lowest BCUT2D eigenvalue weighted by Gasteiger charge is -2.31. The Balaban J connectivity index is 1.32. The molecule has 1 N–H and O–H groups in total. The lowest BCUT2D eigenvalue weighted by atomic mass is 9.93. The van der Waals surface area contributed by atoms with Crippen LogP contribution in [0.3, 0.4) is 0 Å². The zero-order chi connectivity index (χ0) is 15.6. The molecule has 0 amide bonds. The molecule has 1 saturated carbocycles. The van der Waals surface area contributed by atoms with Crippen LogP contribution in [-0.2, 0) is 13.1 Å². The van der Waals surface area contributed by atoms with E-state index in [-0.39, 0.29) is 6.61 Å². The fourth-order valence-corrected chi connectivity index (χ4v) is 4.48. The molecule has 1 aliphatic heterocycles. The van der Waals surface area contributed by atoms with Crippen LogP contribution in [0, 0.1) is 0 Å². The average molecular weight is 332 g/mol. The van der Waals surface area contributed by atoms with Gasteiger partial charge in [0, 0.05) is 35.7 Å². The fourth-order valence-electron chi connectivity index (χ4n) is 3.50. The van der Waals surface area contributed by atoms with Gasteiger partial charge in [0.1, 0.15) is 0 Å². The molecule has 0 unspecified atom stereocenters. The van der Waals surface area contributed by atoms with Gasteiger partial charge in [-0.25, -0.2) is 4.98 Å². The van der Waals surface area contributed by atoms with Crippen LogP contribution in [0.1, 0.15) is 53.9 Å². The van der Waals surface area contributed by atoms with Crippen molar-refractivity contribution in [3.8, 4) is 0 Å². The first-order valence-electron chi connectivity index (χ1n) is 8.62. The number of aromatic nitrogens is 3. The van der Waals surface area contributed by atoms with Crippen molar-refractivity contribution >= 4 is 11.3 Å². The van der Waals surface area contributed by atoms with Crippen molar-refractivity contribution < 1.29 is 5.11 Å². The molecule has 2 aromatic heterocycles. The lowest BCUT2D eigenvalue weighted by molar-refractivity contribution is 0.197. The Morgan fingerprint density at radius 1 is 1.17 bits per heavy atom. The van der Waals surface area contributed by atoms with E-state index in [9.17, 15) is 0 Å². The molecule has 2 aliphatic rings. The predicted molar refractivity (Wildman–Crippen MR) is 90.7 cm³/mol. The summed E-state index contributed by atoms with van der Waals surface area (Å²) in [7, 11) is 0. The molecule has 5 nitrogen and oxygen atoms in total. The van der Waals surface area contributed by atoms with E-state index in [1.165, 1.54) is 29.2 Å².